The molecule has 9 heavy (non-hydrogen) atoms. The van der Waals surface area contributed by atoms with Crippen molar-refractivity contribution in [2.24, 2.45) is 0 Å². The van der Waals surface area contributed by atoms with Gasteiger partial charge in [-0.2, -0.15) is 4.89 Å². The highest BCUT2D eigenvalue weighted by Gasteiger charge is 1.93. The third kappa shape index (κ3) is 59800000000000004469972893891035136. The maximum atomic E-state index is 8.70. The molecule has 56 valence electrons. The van der Waals surface area contributed by atoms with Crippen molar-refractivity contribution in [2.75, 3.05) is 0 Å². The normalized spacial score (nSPS) is 7.78. The molecule has 0 aromatic carbocycles. The van der Waals surface area contributed by atoms with E-state index in [9.17, 15) is 0 Å². The van der Waals surface area contributed by atoms with Crippen molar-refractivity contribution in [3.05, 3.63) is 0 Å². The van der Waals surface area contributed by atoms with Crippen LogP contribution in [-0.4, -0.2) is 14.7 Å². The van der Waals surface area contributed by atoms with E-state index in [2.05, 4.69) is 0 Å². The van der Waals surface area contributed by atoms with E-state index < -0.39 is 16.5 Å². The van der Waals surface area contributed by atoms with Crippen LogP contribution >= 0.6 is 16.5 Å². The van der Waals surface area contributed by atoms with E-state index >= 15 is 0 Å². The SMILES string of the molecule is O=[P+](O)O.O=[P+]([O-])O.[NH4+]. The molecule has 0 saturated heterocycles. The smallest absolute Gasteiger partial charge is 0.567 e. The zero-order valence-corrected chi connectivity index (χ0v) is 6.25. The third-order valence-corrected chi connectivity index (χ3v) is 0. The van der Waals surface area contributed by atoms with Crippen molar-refractivity contribution in [3.63, 3.8) is 0 Å². The van der Waals surface area contributed by atoms with Crippen molar-refractivity contribution < 1.29 is 28.7 Å². The quantitative estimate of drug-likeness (QED) is 0.349. The summed E-state index contributed by atoms with van der Waals surface area (Å²) in [6.07, 6.45) is 0. The molecule has 0 heterocycles. The average Bonchev–Trinajstić information content (AvgIpc) is 1.25. The van der Waals surface area contributed by atoms with Crippen LogP contribution in [0.3, 0.4) is 0 Å². The molecule has 0 spiro atoms. The second-order valence-corrected chi connectivity index (χ2v) is 1.47. The fourth-order valence-corrected chi connectivity index (χ4v) is 0. The lowest BCUT2D eigenvalue weighted by Crippen LogP contribution is -1.78. The van der Waals surface area contributed by atoms with Crippen LogP contribution in [0.15, 0.2) is 0 Å². The molecule has 9 heteroatoms. The number of hydrogen-bond donors (Lipinski definition) is 4. The van der Waals surface area contributed by atoms with Crippen molar-refractivity contribution >= 4 is 16.5 Å². The molecule has 0 bridgehead atoms. The molecule has 7 nitrogen and oxygen atoms in total. The highest BCUT2D eigenvalue weighted by atomic mass is 31.1. The van der Waals surface area contributed by atoms with Crippen LogP contribution in [-0.2, 0) is 9.13 Å². The summed E-state index contributed by atoms with van der Waals surface area (Å²) in [7, 11) is -5.99. The van der Waals surface area contributed by atoms with Gasteiger partial charge >= 0.3 is 16.5 Å². The maximum Gasteiger partial charge on any atom is 0.692 e. The minimum Gasteiger partial charge on any atom is -0.567 e. The Balaban J connectivity index is -0.0000000720. The molecular formula is H7NO6P2+2. The van der Waals surface area contributed by atoms with Crippen LogP contribution in [0.5, 0.6) is 0 Å². The minimum absolute atomic E-state index is 0. The summed E-state index contributed by atoms with van der Waals surface area (Å²) in [6.45, 7) is 0. The first-order valence-electron chi connectivity index (χ1n) is 1.15. The molecule has 0 radical (unpaired) electrons. The van der Waals surface area contributed by atoms with E-state index in [4.69, 9.17) is 28.7 Å². The van der Waals surface area contributed by atoms with Gasteiger partial charge < -0.3 is 11.0 Å². The zero-order valence-electron chi connectivity index (χ0n) is 4.46. The fourth-order valence-electron chi connectivity index (χ4n) is 0. The first-order chi connectivity index (χ1) is 3.46. The summed E-state index contributed by atoms with van der Waals surface area (Å²) in [5.74, 6) is 0. The molecule has 0 aliphatic heterocycles. The fraction of sp³-hybridized carbons (Fsp3) is 0. The van der Waals surface area contributed by atoms with E-state index in [0.29, 0.717) is 0 Å². The Labute approximate surface area is 52.4 Å². The molecule has 1 unspecified atom stereocenters. The Kier molecular flexibility index (Phi) is 19.4. The van der Waals surface area contributed by atoms with Gasteiger partial charge in [-0.3, -0.25) is 0 Å². The molecule has 0 fully saturated rings. The molecule has 0 aliphatic carbocycles. The van der Waals surface area contributed by atoms with Gasteiger partial charge in [-0.15, -0.1) is 9.79 Å². The molecule has 0 aromatic heterocycles. The monoisotopic (exact) mass is 179 g/mol. The first kappa shape index (κ1) is 16.0. The highest BCUT2D eigenvalue weighted by Crippen LogP contribution is 1.98. The second-order valence-electron chi connectivity index (χ2n) is 0.491. The molecule has 7 N–H and O–H groups in total. The highest BCUT2D eigenvalue weighted by molar-refractivity contribution is 7.30. The van der Waals surface area contributed by atoms with Gasteiger partial charge in [0.15, 0.2) is 0 Å². The predicted molar refractivity (Wildman–Crippen MR) is 27.9 cm³/mol. The van der Waals surface area contributed by atoms with Gasteiger partial charge in [-0.25, -0.2) is 0 Å². The van der Waals surface area contributed by atoms with Crippen LogP contribution in [0.1, 0.15) is 0 Å². The lowest BCUT2D eigenvalue weighted by molar-refractivity contribution is -0.180. The van der Waals surface area contributed by atoms with Crippen LogP contribution in [0.4, 0.5) is 0 Å². The van der Waals surface area contributed by atoms with Crippen LogP contribution in [0.25, 0.3) is 0 Å². The summed E-state index contributed by atoms with van der Waals surface area (Å²) in [6, 6.07) is 0. The van der Waals surface area contributed by atoms with E-state index in [0.717, 1.165) is 0 Å². The van der Waals surface area contributed by atoms with Crippen LogP contribution in [0.2, 0.25) is 0 Å². The minimum atomic E-state index is -3.12. The van der Waals surface area contributed by atoms with Crippen LogP contribution < -0.4 is 11.0 Å². The van der Waals surface area contributed by atoms with Crippen molar-refractivity contribution in [3.8, 4) is 0 Å². The summed E-state index contributed by atoms with van der Waals surface area (Å²) in [5.41, 5.74) is 0. The first-order valence-corrected chi connectivity index (χ1v) is 3.44. The third-order valence-electron chi connectivity index (χ3n) is 0. The molecular weight excluding hydrogens is 172 g/mol. The van der Waals surface area contributed by atoms with Crippen LogP contribution in [0, 0.1) is 0 Å². The Morgan fingerprint density at radius 2 is 1.11 bits per heavy atom. The number of rotatable bonds is 0. The van der Waals surface area contributed by atoms with Crippen molar-refractivity contribution in [2.45, 2.75) is 0 Å². The van der Waals surface area contributed by atoms with Gasteiger partial charge in [0.2, 0.25) is 0 Å². The largest absolute Gasteiger partial charge is 0.692 e. The standard InChI is InChI=1S/H3N.2HO3P/c;2*1-4(2)3/h1H3;(H-,1,2,3);(H,1,2,3)/p+2. The Morgan fingerprint density at radius 3 is 1.11 bits per heavy atom. The lowest BCUT2D eigenvalue weighted by Gasteiger charge is -1.56. The van der Waals surface area contributed by atoms with Gasteiger partial charge in [0.25, 0.3) is 0 Å². The van der Waals surface area contributed by atoms with E-state index in [1.807, 2.05) is 0 Å². The molecule has 0 aliphatic rings. The van der Waals surface area contributed by atoms with Gasteiger partial charge in [0.05, 0.1) is 0 Å². The zero-order chi connectivity index (χ0) is 7.15. The Morgan fingerprint density at radius 1 is 1.11 bits per heavy atom. The predicted octanol–water partition coefficient (Wildman–Crippen LogP) is -0.999. The van der Waals surface area contributed by atoms with E-state index in [1.165, 1.54) is 0 Å². The topological polar surface area (TPSA) is 154 Å². The van der Waals surface area contributed by atoms with Gasteiger partial charge in [-0.1, -0.05) is 0 Å². The van der Waals surface area contributed by atoms with Gasteiger partial charge in [0.1, 0.15) is 0 Å². The molecule has 0 saturated carbocycles. The molecule has 1 atom stereocenters. The number of hydrogen-bond acceptors (Lipinski definition) is 3. The average molecular weight is 179 g/mol. The van der Waals surface area contributed by atoms with Crippen molar-refractivity contribution in [1.29, 1.82) is 0 Å². The second kappa shape index (κ2) is 10.9. The summed E-state index contributed by atoms with van der Waals surface area (Å²) >= 11 is 0. The summed E-state index contributed by atoms with van der Waals surface area (Å²) < 4.78 is 17.3. The Hall–Kier alpha value is -0.0000000000000000694. The summed E-state index contributed by atoms with van der Waals surface area (Å²) in [4.78, 5) is 29.8. The number of quaternary nitrogens is 1. The lowest BCUT2D eigenvalue weighted by atomic mass is 14.0. The Bertz CT molecular complexity index is 69.1. The van der Waals surface area contributed by atoms with E-state index in [1.54, 1.807) is 0 Å². The van der Waals surface area contributed by atoms with Crippen molar-refractivity contribution in [1.82, 2.24) is 6.15 Å². The van der Waals surface area contributed by atoms with E-state index in [-0.39, 0.29) is 6.15 Å². The van der Waals surface area contributed by atoms with Gasteiger partial charge in [-0.05, 0) is 4.57 Å². The van der Waals surface area contributed by atoms with Gasteiger partial charge in [0, 0.05) is 4.57 Å². The molecule has 0 rings (SSSR count). The summed E-state index contributed by atoms with van der Waals surface area (Å²) in [5, 5.41) is 0. The maximum absolute atomic E-state index is 8.70. The molecule has 0 amide bonds. The molecule has 0 aromatic rings.